The van der Waals surface area contributed by atoms with Crippen molar-refractivity contribution in [2.75, 3.05) is 13.2 Å². The Bertz CT molecular complexity index is 1090. The molecule has 2 N–H and O–H groups in total. The molecule has 1 saturated carbocycles. The van der Waals surface area contributed by atoms with Gasteiger partial charge in [-0.1, -0.05) is 43.3 Å². The minimum absolute atomic E-state index is 0.0672. The summed E-state index contributed by atoms with van der Waals surface area (Å²) in [6.07, 6.45) is -0.354. The minimum atomic E-state index is -4.27. The Kier molecular flexibility index (Phi) is 7.02. The summed E-state index contributed by atoms with van der Waals surface area (Å²) in [5.41, 5.74) is 2.16. The van der Waals surface area contributed by atoms with Crippen LogP contribution in [-0.2, 0) is 16.4 Å². The fraction of sp³-hybridized carbons (Fsp3) is 0.500. The molecule has 2 aliphatic rings. The van der Waals surface area contributed by atoms with Crippen LogP contribution in [0.2, 0.25) is 0 Å². The highest BCUT2D eigenvalue weighted by Gasteiger charge is 2.57. The number of hydrogen-bond acceptors (Lipinski definition) is 4. The van der Waals surface area contributed by atoms with Gasteiger partial charge >= 0.3 is 0 Å². The second kappa shape index (κ2) is 9.64. The van der Waals surface area contributed by atoms with E-state index in [4.69, 9.17) is 4.74 Å². The number of nitrogens with one attached hydrogen (secondary N) is 2. The number of piperidine rings is 1. The summed E-state index contributed by atoms with van der Waals surface area (Å²) in [5.74, 6) is -0.269. The molecule has 0 spiro atoms. The van der Waals surface area contributed by atoms with Crippen LogP contribution in [0.4, 0.5) is 13.2 Å². The predicted molar refractivity (Wildman–Crippen MR) is 122 cm³/mol. The second-order valence-corrected chi connectivity index (χ2v) is 10.7. The number of para-hydroxylation sites is 1. The van der Waals surface area contributed by atoms with Crippen LogP contribution in [0.5, 0.6) is 5.75 Å². The zero-order valence-corrected chi connectivity index (χ0v) is 19.3. The van der Waals surface area contributed by atoms with Gasteiger partial charge in [-0.05, 0) is 43.0 Å². The van der Waals surface area contributed by atoms with Gasteiger partial charge in [0.2, 0.25) is 15.0 Å². The number of sulfonamides is 1. The van der Waals surface area contributed by atoms with Crippen LogP contribution < -0.4 is 14.8 Å². The Morgan fingerprint density at radius 2 is 1.97 bits per heavy atom. The van der Waals surface area contributed by atoms with E-state index in [0.29, 0.717) is 25.1 Å². The first kappa shape index (κ1) is 24.0. The van der Waals surface area contributed by atoms with Crippen molar-refractivity contribution in [3.05, 3.63) is 53.8 Å². The van der Waals surface area contributed by atoms with Gasteiger partial charge in [0.1, 0.15) is 6.17 Å². The first-order valence-electron chi connectivity index (χ1n) is 11.3. The van der Waals surface area contributed by atoms with Crippen LogP contribution in [0.3, 0.4) is 0 Å². The summed E-state index contributed by atoms with van der Waals surface area (Å²) in [4.78, 5) is 0. The Morgan fingerprint density at radius 3 is 2.70 bits per heavy atom. The Labute approximate surface area is 192 Å². The van der Waals surface area contributed by atoms with Gasteiger partial charge in [0, 0.05) is 24.4 Å². The van der Waals surface area contributed by atoms with Crippen molar-refractivity contribution in [1.82, 2.24) is 10.0 Å². The fourth-order valence-corrected chi connectivity index (χ4v) is 5.70. The van der Waals surface area contributed by atoms with E-state index in [9.17, 15) is 21.6 Å². The van der Waals surface area contributed by atoms with E-state index < -0.39 is 39.1 Å². The molecule has 1 saturated heterocycles. The first-order valence-corrected chi connectivity index (χ1v) is 12.8. The van der Waals surface area contributed by atoms with Gasteiger partial charge in [-0.15, -0.1) is 0 Å². The molecule has 1 aliphatic heterocycles. The summed E-state index contributed by atoms with van der Waals surface area (Å²) < 4.78 is 76.2. The van der Waals surface area contributed by atoms with Crippen molar-refractivity contribution in [3.8, 4) is 16.9 Å². The van der Waals surface area contributed by atoms with E-state index in [-0.39, 0.29) is 25.0 Å². The molecule has 9 heteroatoms. The maximum atomic E-state index is 14.8. The third-order valence-corrected chi connectivity index (χ3v) is 8.13. The van der Waals surface area contributed by atoms with Crippen LogP contribution in [0.15, 0.2) is 42.5 Å². The summed E-state index contributed by atoms with van der Waals surface area (Å²) >= 11 is 0. The van der Waals surface area contributed by atoms with Crippen molar-refractivity contribution >= 4 is 10.0 Å². The quantitative estimate of drug-likeness (QED) is 0.560. The standard InChI is InChI=1S/C24H29F3N2O3S/c1-2-13-32-23-18(7-4-8-20(23)26)17-6-3-5-16(14-17)15-21-22(19(25)9-12-28-21)29-33(30,31)24(27)10-11-24/h3-8,14,19,21-22,28-29H,2,9-13,15H2,1H3. The summed E-state index contributed by atoms with van der Waals surface area (Å²) in [6.45, 7) is 2.72. The molecule has 1 heterocycles. The molecule has 3 unspecified atom stereocenters. The number of ether oxygens (including phenoxy) is 1. The lowest BCUT2D eigenvalue weighted by Gasteiger charge is -2.36. The number of rotatable bonds is 9. The van der Waals surface area contributed by atoms with E-state index in [0.717, 1.165) is 17.5 Å². The average molecular weight is 483 g/mol. The summed E-state index contributed by atoms with van der Waals surface area (Å²) in [7, 11) is -4.27. The third kappa shape index (κ3) is 5.20. The number of hydrogen-bond donors (Lipinski definition) is 2. The van der Waals surface area contributed by atoms with Crippen molar-refractivity contribution < 1.29 is 26.3 Å². The van der Waals surface area contributed by atoms with Gasteiger partial charge in [0.25, 0.3) is 0 Å². The molecule has 33 heavy (non-hydrogen) atoms. The second-order valence-electron chi connectivity index (χ2n) is 8.76. The van der Waals surface area contributed by atoms with E-state index in [2.05, 4.69) is 10.0 Å². The molecule has 2 aromatic carbocycles. The van der Waals surface area contributed by atoms with Crippen molar-refractivity contribution in [2.45, 2.75) is 62.3 Å². The zero-order chi connectivity index (χ0) is 23.6. The monoisotopic (exact) mass is 482 g/mol. The average Bonchev–Trinajstić information content (AvgIpc) is 3.55. The van der Waals surface area contributed by atoms with Crippen molar-refractivity contribution in [3.63, 3.8) is 0 Å². The number of benzene rings is 2. The van der Waals surface area contributed by atoms with Crippen LogP contribution in [-0.4, -0.2) is 44.8 Å². The SMILES string of the molecule is CCCOc1c(F)cccc1-c1cccc(CC2NCCC(F)C2NS(=O)(=O)C2(F)CC2)c1. The molecular weight excluding hydrogens is 453 g/mol. The van der Waals surface area contributed by atoms with Gasteiger partial charge in [-0.25, -0.2) is 26.3 Å². The number of halogens is 3. The van der Waals surface area contributed by atoms with Gasteiger partial charge in [0.15, 0.2) is 11.6 Å². The highest BCUT2D eigenvalue weighted by atomic mass is 32.2. The molecule has 2 aromatic rings. The highest BCUT2D eigenvalue weighted by Crippen LogP contribution is 2.44. The van der Waals surface area contributed by atoms with E-state index in [1.54, 1.807) is 12.1 Å². The lowest BCUT2D eigenvalue weighted by Crippen LogP contribution is -2.60. The minimum Gasteiger partial charge on any atom is -0.490 e. The molecular formula is C24H29F3N2O3S. The van der Waals surface area contributed by atoms with Crippen molar-refractivity contribution in [1.29, 1.82) is 0 Å². The molecule has 0 radical (unpaired) electrons. The topological polar surface area (TPSA) is 67.4 Å². The fourth-order valence-electron chi connectivity index (χ4n) is 4.18. The lowest BCUT2D eigenvalue weighted by atomic mass is 9.91. The van der Waals surface area contributed by atoms with E-state index in [1.807, 2.05) is 31.2 Å². The highest BCUT2D eigenvalue weighted by molar-refractivity contribution is 7.91. The van der Waals surface area contributed by atoms with Gasteiger partial charge < -0.3 is 10.1 Å². The van der Waals surface area contributed by atoms with Crippen molar-refractivity contribution in [2.24, 2.45) is 0 Å². The normalized spacial score (nSPS) is 24.4. The van der Waals surface area contributed by atoms with E-state index in [1.165, 1.54) is 6.07 Å². The molecule has 0 amide bonds. The maximum Gasteiger partial charge on any atom is 0.247 e. The molecule has 180 valence electrons. The first-order chi connectivity index (χ1) is 15.7. The van der Waals surface area contributed by atoms with Gasteiger partial charge in [0.05, 0.1) is 12.6 Å². The Balaban J connectivity index is 1.57. The molecule has 5 nitrogen and oxygen atoms in total. The summed E-state index contributed by atoms with van der Waals surface area (Å²) in [6, 6.07) is 10.5. The lowest BCUT2D eigenvalue weighted by molar-refractivity contribution is 0.175. The maximum absolute atomic E-state index is 14.8. The Hall–Kier alpha value is -2.10. The van der Waals surface area contributed by atoms with E-state index >= 15 is 0 Å². The Morgan fingerprint density at radius 1 is 1.21 bits per heavy atom. The molecule has 2 fully saturated rings. The largest absolute Gasteiger partial charge is 0.490 e. The molecule has 1 aliphatic carbocycles. The van der Waals surface area contributed by atoms with Crippen LogP contribution in [0, 0.1) is 5.82 Å². The molecule has 4 rings (SSSR count). The van der Waals surface area contributed by atoms with Gasteiger partial charge in [-0.2, -0.15) is 0 Å². The van der Waals surface area contributed by atoms with Crippen LogP contribution >= 0.6 is 0 Å². The van der Waals surface area contributed by atoms with Crippen LogP contribution in [0.1, 0.15) is 38.2 Å². The predicted octanol–water partition coefficient (Wildman–Crippen LogP) is 4.27. The van der Waals surface area contributed by atoms with Crippen LogP contribution in [0.25, 0.3) is 11.1 Å². The number of alkyl halides is 2. The molecule has 3 atom stereocenters. The third-order valence-electron chi connectivity index (χ3n) is 6.18. The zero-order valence-electron chi connectivity index (χ0n) is 18.5. The van der Waals surface area contributed by atoms with Gasteiger partial charge in [-0.3, -0.25) is 0 Å². The smallest absolute Gasteiger partial charge is 0.247 e. The molecule has 0 aromatic heterocycles. The molecule has 0 bridgehead atoms. The summed E-state index contributed by atoms with van der Waals surface area (Å²) in [5, 5.41) is 0.885.